The predicted molar refractivity (Wildman–Crippen MR) is 72.5 cm³/mol. The normalized spacial score (nSPS) is 21.3. The van der Waals surface area contributed by atoms with Crippen LogP contribution in [0, 0.1) is 6.92 Å². The van der Waals surface area contributed by atoms with Crippen molar-refractivity contribution in [1.82, 2.24) is 18.6 Å². The molecule has 0 amide bonds. The fourth-order valence-corrected chi connectivity index (χ4v) is 3.08. The van der Waals surface area contributed by atoms with Crippen molar-refractivity contribution < 1.29 is 13.2 Å². The van der Waals surface area contributed by atoms with E-state index in [-0.39, 0.29) is 25.3 Å². The highest BCUT2D eigenvalue weighted by Gasteiger charge is 2.32. The van der Waals surface area contributed by atoms with Crippen LogP contribution in [0.1, 0.15) is 17.6 Å². The van der Waals surface area contributed by atoms with Crippen molar-refractivity contribution in [3.05, 3.63) is 27.9 Å². The molecule has 0 spiro atoms. The average molecular weight is 302 g/mol. The molecule has 0 aliphatic carbocycles. The van der Waals surface area contributed by atoms with Gasteiger partial charge in [-0.25, -0.2) is 4.98 Å². The summed E-state index contributed by atoms with van der Waals surface area (Å²) in [5.74, 6) is 0.355. The summed E-state index contributed by atoms with van der Waals surface area (Å²) in [5, 5.41) is 0. The van der Waals surface area contributed by atoms with Crippen LogP contribution in [-0.4, -0.2) is 60.8 Å². The van der Waals surface area contributed by atoms with Gasteiger partial charge < -0.3 is 9.72 Å². The lowest BCUT2D eigenvalue weighted by atomic mass is 10.3. The molecule has 2 rings (SSSR count). The molecule has 112 valence electrons. The molecule has 0 bridgehead atoms. The van der Waals surface area contributed by atoms with E-state index in [1.807, 2.05) is 0 Å². The van der Waals surface area contributed by atoms with E-state index in [9.17, 15) is 13.2 Å². The number of aryl methyl sites for hydroxylation is 1. The molecule has 1 aromatic rings. The Morgan fingerprint density at radius 1 is 1.50 bits per heavy atom. The van der Waals surface area contributed by atoms with Crippen molar-refractivity contribution in [2.24, 2.45) is 0 Å². The number of nitrogens with one attached hydrogen (secondary N) is 1. The highest BCUT2D eigenvalue weighted by atomic mass is 32.2. The van der Waals surface area contributed by atoms with Gasteiger partial charge >= 0.3 is 0 Å². The third kappa shape index (κ3) is 3.06. The van der Waals surface area contributed by atoms with E-state index in [0.29, 0.717) is 11.5 Å². The first kappa shape index (κ1) is 15.1. The Balaban J connectivity index is 2.25. The number of aromatic amines is 1. The first-order valence-corrected chi connectivity index (χ1v) is 7.57. The fraction of sp³-hybridized carbons (Fsp3) is 0.636. The Labute approximate surface area is 117 Å². The Hall–Kier alpha value is -1.29. The summed E-state index contributed by atoms with van der Waals surface area (Å²) < 4.78 is 32.2. The summed E-state index contributed by atoms with van der Waals surface area (Å²) in [6, 6.07) is 1.38. The summed E-state index contributed by atoms with van der Waals surface area (Å²) in [6.45, 7) is 2.38. The lowest BCUT2D eigenvalue weighted by molar-refractivity contribution is -0.00900. The number of morpholine rings is 1. The molecule has 8 nitrogen and oxygen atoms in total. The number of nitrogens with zero attached hydrogens (tertiary/aromatic N) is 3. The smallest absolute Gasteiger partial charge is 0.281 e. The SMILES string of the molecule is Cc1cc(=O)[nH]c([C@@H]2CN(S(=O)(=O)N(C)C)CCO2)n1. The number of aromatic nitrogens is 2. The van der Waals surface area contributed by atoms with Crippen molar-refractivity contribution in [3.8, 4) is 0 Å². The third-order valence-electron chi connectivity index (χ3n) is 3.01. The molecule has 2 heterocycles. The van der Waals surface area contributed by atoms with E-state index in [1.54, 1.807) is 6.92 Å². The maximum absolute atomic E-state index is 12.1. The van der Waals surface area contributed by atoms with E-state index in [2.05, 4.69) is 9.97 Å². The number of ether oxygens (including phenoxy) is 1. The van der Waals surface area contributed by atoms with Crippen LogP contribution in [0.2, 0.25) is 0 Å². The minimum Gasteiger partial charge on any atom is -0.368 e. The van der Waals surface area contributed by atoms with E-state index in [0.717, 1.165) is 4.31 Å². The first-order chi connectivity index (χ1) is 9.30. The molecule has 0 radical (unpaired) electrons. The monoisotopic (exact) mass is 302 g/mol. The molecule has 0 saturated carbocycles. The highest BCUT2D eigenvalue weighted by Crippen LogP contribution is 2.21. The summed E-state index contributed by atoms with van der Waals surface area (Å²) >= 11 is 0. The lowest BCUT2D eigenvalue weighted by Crippen LogP contribution is -2.47. The van der Waals surface area contributed by atoms with Gasteiger partial charge in [0.25, 0.3) is 15.8 Å². The average Bonchev–Trinajstić information content (AvgIpc) is 2.37. The number of rotatable bonds is 3. The molecular weight excluding hydrogens is 284 g/mol. The zero-order valence-corrected chi connectivity index (χ0v) is 12.5. The molecule has 1 N–H and O–H groups in total. The number of H-pyrrole nitrogens is 1. The number of hydrogen-bond donors (Lipinski definition) is 1. The Morgan fingerprint density at radius 3 is 2.80 bits per heavy atom. The molecule has 9 heteroatoms. The summed E-state index contributed by atoms with van der Waals surface area (Å²) in [7, 11) is -0.537. The van der Waals surface area contributed by atoms with E-state index in [4.69, 9.17) is 4.74 Å². The van der Waals surface area contributed by atoms with Crippen LogP contribution in [0.25, 0.3) is 0 Å². The van der Waals surface area contributed by atoms with Gasteiger partial charge in [-0.2, -0.15) is 17.0 Å². The summed E-state index contributed by atoms with van der Waals surface area (Å²) in [5.41, 5.74) is 0.295. The maximum Gasteiger partial charge on any atom is 0.281 e. The van der Waals surface area contributed by atoms with Gasteiger partial charge in [0.2, 0.25) is 0 Å². The number of hydrogen-bond acceptors (Lipinski definition) is 5. The predicted octanol–water partition coefficient (Wildman–Crippen LogP) is -0.742. The highest BCUT2D eigenvalue weighted by molar-refractivity contribution is 7.86. The molecule has 0 unspecified atom stereocenters. The Morgan fingerprint density at radius 2 is 2.20 bits per heavy atom. The largest absolute Gasteiger partial charge is 0.368 e. The fourth-order valence-electron chi connectivity index (χ4n) is 1.99. The molecule has 1 aliphatic heterocycles. The van der Waals surface area contributed by atoms with Crippen LogP contribution in [0.4, 0.5) is 0 Å². The molecule has 1 atom stereocenters. The van der Waals surface area contributed by atoms with Gasteiger partial charge in [0.15, 0.2) is 0 Å². The molecule has 0 aromatic carbocycles. The van der Waals surface area contributed by atoms with Gasteiger partial charge in [-0.1, -0.05) is 0 Å². The minimum atomic E-state index is -3.49. The third-order valence-corrected chi connectivity index (χ3v) is 4.92. The van der Waals surface area contributed by atoms with E-state index < -0.39 is 16.3 Å². The molecule has 1 saturated heterocycles. The van der Waals surface area contributed by atoms with Gasteiger partial charge in [-0.05, 0) is 6.92 Å². The van der Waals surface area contributed by atoms with Crippen LogP contribution in [0.3, 0.4) is 0 Å². The first-order valence-electron chi connectivity index (χ1n) is 6.18. The molecule has 20 heavy (non-hydrogen) atoms. The van der Waals surface area contributed by atoms with Gasteiger partial charge in [0.05, 0.1) is 6.61 Å². The zero-order chi connectivity index (χ0) is 14.9. The Kier molecular flexibility index (Phi) is 4.23. The van der Waals surface area contributed by atoms with Gasteiger partial charge in [0, 0.05) is 38.9 Å². The standard InChI is InChI=1S/C11H18N4O4S/c1-8-6-10(16)13-11(12-8)9-7-15(4-5-19-9)20(17,18)14(2)3/h6,9H,4-5,7H2,1-3H3,(H,12,13,16)/t9-/m0/s1. The second kappa shape index (κ2) is 5.60. The summed E-state index contributed by atoms with van der Waals surface area (Å²) in [4.78, 5) is 18.2. The van der Waals surface area contributed by atoms with Crippen LogP contribution in [0.15, 0.2) is 10.9 Å². The van der Waals surface area contributed by atoms with Crippen LogP contribution in [0.5, 0.6) is 0 Å². The zero-order valence-electron chi connectivity index (χ0n) is 11.7. The van der Waals surface area contributed by atoms with Gasteiger partial charge in [0.1, 0.15) is 11.9 Å². The van der Waals surface area contributed by atoms with Crippen LogP contribution < -0.4 is 5.56 Å². The molecular formula is C11H18N4O4S. The molecule has 1 aromatic heterocycles. The van der Waals surface area contributed by atoms with Gasteiger partial charge in [-0.3, -0.25) is 4.79 Å². The van der Waals surface area contributed by atoms with Crippen molar-refractivity contribution in [3.63, 3.8) is 0 Å². The van der Waals surface area contributed by atoms with Gasteiger partial charge in [-0.15, -0.1) is 0 Å². The molecule has 1 aliphatic rings. The topological polar surface area (TPSA) is 95.6 Å². The van der Waals surface area contributed by atoms with Crippen molar-refractivity contribution in [1.29, 1.82) is 0 Å². The van der Waals surface area contributed by atoms with Crippen molar-refractivity contribution >= 4 is 10.2 Å². The molecule has 1 fully saturated rings. The van der Waals surface area contributed by atoms with Crippen LogP contribution >= 0.6 is 0 Å². The second-order valence-electron chi connectivity index (χ2n) is 4.78. The lowest BCUT2D eigenvalue weighted by Gasteiger charge is -2.33. The maximum atomic E-state index is 12.1. The second-order valence-corrected chi connectivity index (χ2v) is 6.92. The van der Waals surface area contributed by atoms with E-state index >= 15 is 0 Å². The van der Waals surface area contributed by atoms with Crippen molar-refractivity contribution in [2.75, 3.05) is 33.8 Å². The quantitative estimate of drug-likeness (QED) is 0.793. The van der Waals surface area contributed by atoms with Crippen molar-refractivity contribution in [2.45, 2.75) is 13.0 Å². The Bertz CT molecular complexity index is 640. The van der Waals surface area contributed by atoms with Crippen LogP contribution in [-0.2, 0) is 14.9 Å². The minimum absolute atomic E-state index is 0.132. The van der Waals surface area contributed by atoms with E-state index in [1.165, 1.54) is 24.5 Å². The summed E-state index contributed by atoms with van der Waals surface area (Å²) in [6.07, 6.45) is -0.564.